The Balaban J connectivity index is 2.58. The number of aryl methyl sites for hydroxylation is 1. The number of rotatable bonds is 3. The van der Waals surface area contributed by atoms with Gasteiger partial charge in [-0.3, -0.25) is 0 Å². The van der Waals surface area contributed by atoms with Gasteiger partial charge in [-0.1, -0.05) is 24.9 Å². The van der Waals surface area contributed by atoms with Crippen molar-refractivity contribution in [2.24, 2.45) is 0 Å². The maximum Gasteiger partial charge on any atom is 0.194 e. The van der Waals surface area contributed by atoms with Crippen LogP contribution in [0.1, 0.15) is 19.0 Å². The number of hydrogen-bond acceptors (Lipinski definition) is 2. The van der Waals surface area contributed by atoms with Crippen molar-refractivity contribution in [2.45, 2.75) is 19.8 Å². The summed E-state index contributed by atoms with van der Waals surface area (Å²) in [6, 6.07) is 1.68. The van der Waals surface area contributed by atoms with E-state index in [0.717, 1.165) is 18.6 Å². The van der Waals surface area contributed by atoms with Gasteiger partial charge in [-0.25, -0.2) is 23.1 Å². The highest BCUT2D eigenvalue weighted by Crippen LogP contribution is 2.28. The molecule has 0 radical (unpaired) electrons. The summed E-state index contributed by atoms with van der Waals surface area (Å²) in [4.78, 5) is 8.16. The highest BCUT2D eigenvalue weighted by Gasteiger charge is 2.16. The van der Waals surface area contributed by atoms with E-state index in [-0.39, 0.29) is 16.5 Å². The van der Waals surface area contributed by atoms with Crippen molar-refractivity contribution in [3.8, 4) is 11.4 Å². The summed E-state index contributed by atoms with van der Waals surface area (Å²) in [5, 5.41) is 0.142. The van der Waals surface area contributed by atoms with E-state index in [1.54, 1.807) is 0 Å². The van der Waals surface area contributed by atoms with Gasteiger partial charge in [0.05, 0.1) is 10.2 Å². The molecule has 2 rings (SSSR count). The molecule has 0 atom stereocenters. The molecule has 1 aromatic carbocycles. The summed E-state index contributed by atoms with van der Waals surface area (Å²) in [7, 11) is 0. The SMILES string of the molecule is CCCc1nc(-c2cc(F)c(F)c(F)c2)nc(Cl)c1Br. The number of benzene rings is 1. The van der Waals surface area contributed by atoms with Crippen LogP contribution in [-0.4, -0.2) is 9.97 Å². The van der Waals surface area contributed by atoms with Gasteiger partial charge >= 0.3 is 0 Å². The van der Waals surface area contributed by atoms with Gasteiger partial charge in [0.2, 0.25) is 0 Å². The van der Waals surface area contributed by atoms with Crippen molar-refractivity contribution < 1.29 is 13.2 Å². The van der Waals surface area contributed by atoms with Crippen LogP contribution >= 0.6 is 27.5 Å². The van der Waals surface area contributed by atoms with Crippen molar-refractivity contribution in [3.05, 3.63) is 44.9 Å². The quantitative estimate of drug-likeness (QED) is 0.569. The van der Waals surface area contributed by atoms with Crippen LogP contribution < -0.4 is 0 Å². The van der Waals surface area contributed by atoms with Crippen molar-refractivity contribution in [1.82, 2.24) is 9.97 Å². The Hall–Kier alpha value is -1.14. The molecule has 2 aromatic rings. The minimum absolute atomic E-state index is 0.0353. The Kier molecular flexibility index (Phi) is 4.65. The average molecular weight is 366 g/mol. The largest absolute Gasteiger partial charge is 0.232 e. The molecule has 0 saturated heterocycles. The Morgan fingerprint density at radius 3 is 2.30 bits per heavy atom. The number of nitrogens with zero attached hydrogens (tertiary/aromatic N) is 2. The first-order valence-electron chi connectivity index (χ1n) is 5.80. The Bertz CT molecular complexity index is 641. The Morgan fingerprint density at radius 2 is 1.75 bits per heavy atom. The van der Waals surface area contributed by atoms with Gasteiger partial charge < -0.3 is 0 Å². The topological polar surface area (TPSA) is 25.8 Å². The van der Waals surface area contributed by atoms with Crippen LogP contribution in [0.5, 0.6) is 0 Å². The third-order valence-corrected chi connectivity index (χ3v) is 3.94. The molecule has 0 fully saturated rings. The maximum absolute atomic E-state index is 13.2. The fourth-order valence-corrected chi connectivity index (χ4v) is 2.24. The summed E-state index contributed by atoms with van der Waals surface area (Å²) in [6.07, 6.45) is 1.44. The second kappa shape index (κ2) is 6.10. The first-order valence-corrected chi connectivity index (χ1v) is 6.98. The van der Waals surface area contributed by atoms with Crippen molar-refractivity contribution in [3.63, 3.8) is 0 Å². The highest BCUT2D eigenvalue weighted by molar-refractivity contribution is 9.10. The van der Waals surface area contributed by atoms with Gasteiger partial charge in [-0.15, -0.1) is 0 Å². The lowest BCUT2D eigenvalue weighted by Gasteiger charge is -2.08. The minimum Gasteiger partial charge on any atom is -0.232 e. The molecule has 0 amide bonds. The molecular weight excluding hydrogens is 357 g/mol. The molecule has 0 aliphatic carbocycles. The van der Waals surface area contributed by atoms with Crippen LogP contribution in [0.4, 0.5) is 13.2 Å². The average Bonchev–Trinajstić information content (AvgIpc) is 2.40. The second-order valence-corrected chi connectivity index (χ2v) is 5.25. The number of halogens is 5. The molecule has 0 bridgehead atoms. The van der Waals surface area contributed by atoms with Crippen molar-refractivity contribution in [1.29, 1.82) is 0 Å². The highest BCUT2D eigenvalue weighted by atomic mass is 79.9. The van der Waals surface area contributed by atoms with E-state index in [0.29, 0.717) is 16.6 Å². The van der Waals surface area contributed by atoms with E-state index in [2.05, 4.69) is 25.9 Å². The van der Waals surface area contributed by atoms with Crippen LogP contribution in [0.3, 0.4) is 0 Å². The molecule has 0 aliphatic rings. The number of aromatic nitrogens is 2. The van der Waals surface area contributed by atoms with Gasteiger partial charge in [0.1, 0.15) is 5.15 Å². The molecule has 0 aliphatic heterocycles. The molecule has 20 heavy (non-hydrogen) atoms. The molecule has 1 aromatic heterocycles. The Labute approximate surface area is 127 Å². The summed E-state index contributed by atoms with van der Waals surface area (Å²) >= 11 is 9.22. The summed E-state index contributed by atoms with van der Waals surface area (Å²) in [6.45, 7) is 1.96. The minimum atomic E-state index is -1.52. The Morgan fingerprint density at radius 1 is 1.15 bits per heavy atom. The molecule has 0 spiro atoms. The zero-order chi connectivity index (χ0) is 14.9. The van der Waals surface area contributed by atoms with Crippen LogP contribution in [0.25, 0.3) is 11.4 Å². The van der Waals surface area contributed by atoms with Crippen LogP contribution in [0.2, 0.25) is 5.15 Å². The molecule has 7 heteroatoms. The third kappa shape index (κ3) is 2.96. The standard InChI is InChI=1S/C13H9BrClF3N2/c1-2-3-9-10(14)12(15)20-13(19-9)6-4-7(16)11(18)8(17)5-6/h4-5H,2-3H2,1H3. The van der Waals surface area contributed by atoms with Gasteiger partial charge in [-0.05, 0) is 34.5 Å². The lowest BCUT2D eigenvalue weighted by atomic mass is 10.1. The van der Waals surface area contributed by atoms with Gasteiger partial charge in [0.25, 0.3) is 0 Å². The third-order valence-electron chi connectivity index (χ3n) is 2.61. The van der Waals surface area contributed by atoms with Gasteiger partial charge in [-0.2, -0.15) is 0 Å². The van der Waals surface area contributed by atoms with Gasteiger partial charge in [0.15, 0.2) is 23.3 Å². The molecule has 106 valence electrons. The summed E-state index contributed by atoms with van der Waals surface area (Å²) in [5.41, 5.74) is 0.667. The fraction of sp³-hybridized carbons (Fsp3) is 0.231. The first-order chi connectivity index (χ1) is 9.43. The van der Waals surface area contributed by atoms with Crippen molar-refractivity contribution >= 4 is 27.5 Å². The van der Waals surface area contributed by atoms with Crippen LogP contribution in [-0.2, 0) is 6.42 Å². The maximum atomic E-state index is 13.2. The predicted molar refractivity (Wildman–Crippen MR) is 74.0 cm³/mol. The fourth-order valence-electron chi connectivity index (χ4n) is 1.68. The summed E-state index contributed by atoms with van der Waals surface area (Å²) in [5.74, 6) is -4.05. The monoisotopic (exact) mass is 364 g/mol. The van der Waals surface area contributed by atoms with Crippen LogP contribution in [0, 0.1) is 17.5 Å². The second-order valence-electron chi connectivity index (χ2n) is 4.10. The number of hydrogen-bond donors (Lipinski definition) is 0. The van der Waals surface area contributed by atoms with E-state index in [1.807, 2.05) is 6.92 Å². The molecule has 1 heterocycles. The molecule has 0 saturated carbocycles. The summed E-state index contributed by atoms with van der Waals surface area (Å²) < 4.78 is 40.0. The zero-order valence-electron chi connectivity index (χ0n) is 10.4. The smallest absolute Gasteiger partial charge is 0.194 e. The first kappa shape index (κ1) is 15.3. The van der Waals surface area contributed by atoms with Crippen molar-refractivity contribution in [2.75, 3.05) is 0 Å². The lowest BCUT2D eigenvalue weighted by Crippen LogP contribution is -2.00. The van der Waals surface area contributed by atoms with E-state index < -0.39 is 17.5 Å². The lowest BCUT2D eigenvalue weighted by molar-refractivity contribution is 0.447. The van der Waals surface area contributed by atoms with Crippen LogP contribution in [0.15, 0.2) is 16.6 Å². The van der Waals surface area contributed by atoms with Gasteiger partial charge in [0, 0.05) is 5.56 Å². The van der Waals surface area contributed by atoms with E-state index in [9.17, 15) is 13.2 Å². The molecule has 2 nitrogen and oxygen atoms in total. The normalized spacial score (nSPS) is 10.9. The van der Waals surface area contributed by atoms with E-state index in [1.165, 1.54) is 0 Å². The molecule has 0 unspecified atom stereocenters. The zero-order valence-corrected chi connectivity index (χ0v) is 12.7. The molecule has 0 N–H and O–H groups in total. The molecular formula is C13H9BrClF3N2. The predicted octanol–water partition coefficient (Wildman–Crippen LogP) is 4.93. The van der Waals surface area contributed by atoms with E-state index in [4.69, 9.17) is 11.6 Å². The van der Waals surface area contributed by atoms with E-state index >= 15 is 0 Å².